The summed E-state index contributed by atoms with van der Waals surface area (Å²) < 4.78 is 25.6. The number of carbonyl (C=O) groups excluding carboxylic acids is 1. The van der Waals surface area contributed by atoms with Gasteiger partial charge in [-0.15, -0.1) is 0 Å². The van der Waals surface area contributed by atoms with Crippen LogP contribution in [0.25, 0.3) is 0 Å². The van der Waals surface area contributed by atoms with Crippen molar-refractivity contribution < 1.29 is 13.2 Å². The molecule has 21 heavy (non-hydrogen) atoms. The van der Waals surface area contributed by atoms with Crippen molar-refractivity contribution in [2.75, 3.05) is 0 Å². The predicted molar refractivity (Wildman–Crippen MR) is 76.0 cm³/mol. The van der Waals surface area contributed by atoms with Crippen molar-refractivity contribution in [1.29, 1.82) is 5.26 Å². The van der Waals surface area contributed by atoms with E-state index >= 15 is 0 Å². The van der Waals surface area contributed by atoms with Crippen LogP contribution in [-0.2, 0) is 9.84 Å². The van der Waals surface area contributed by atoms with Crippen LogP contribution in [-0.4, -0.2) is 14.2 Å². The van der Waals surface area contributed by atoms with Gasteiger partial charge in [0.2, 0.25) is 9.84 Å². The third-order valence-corrected chi connectivity index (χ3v) is 5.76. The first-order valence-corrected chi connectivity index (χ1v) is 7.81. The first kappa shape index (κ1) is 13.5. The Hall–Kier alpha value is -2.45. The number of carbonyl (C=O) groups is 1. The number of rotatable bonds is 0. The Morgan fingerprint density at radius 1 is 1.10 bits per heavy atom. The third-order valence-electron chi connectivity index (χ3n) is 3.76. The molecule has 1 aliphatic rings. The molecule has 0 radical (unpaired) electrons. The fraction of sp³-hybridized carbons (Fsp3) is 0.125. The van der Waals surface area contributed by atoms with E-state index in [1.54, 1.807) is 26.0 Å². The second-order valence-electron chi connectivity index (χ2n) is 5.01. The average molecular weight is 297 g/mol. The molecule has 4 nitrogen and oxygen atoms in total. The molecule has 0 spiro atoms. The molecule has 0 aromatic heterocycles. The molecular weight excluding hydrogens is 286 g/mol. The summed E-state index contributed by atoms with van der Waals surface area (Å²) in [7, 11) is -3.79. The maximum Gasteiger partial charge on any atom is 0.208 e. The zero-order valence-corrected chi connectivity index (χ0v) is 12.3. The maximum atomic E-state index is 12.8. The molecule has 0 amide bonds. The van der Waals surface area contributed by atoms with E-state index in [1.807, 2.05) is 6.07 Å². The predicted octanol–water partition coefficient (Wildman–Crippen LogP) is 2.55. The van der Waals surface area contributed by atoms with Crippen molar-refractivity contribution in [3.05, 3.63) is 58.1 Å². The molecule has 5 heteroatoms. The quantitative estimate of drug-likeness (QED) is 0.639. The van der Waals surface area contributed by atoms with Gasteiger partial charge in [0.1, 0.15) is 0 Å². The summed E-state index contributed by atoms with van der Waals surface area (Å²) in [4.78, 5) is 12.5. The van der Waals surface area contributed by atoms with E-state index in [0.29, 0.717) is 16.7 Å². The first-order valence-electron chi connectivity index (χ1n) is 6.32. The van der Waals surface area contributed by atoms with Crippen molar-refractivity contribution in [3.8, 4) is 6.07 Å². The number of fused-ring (bicyclic) bond motifs is 2. The summed E-state index contributed by atoms with van der Waals surface area (Å²) in [6, 6.07) is 9.68. The minimum atomic E-state index is -3.79. The zero-order chi connectivity index (χ0) is 15.4. The highest BCUT2D eigenvalue weighted by molar-refractivity contribution is 7.91. The molecule has 1 aliphatic heterocycles. The van der Waals surface area contributed by atoms with Gasteiger partial charge in [-0.05, 0) is 43.2 Å². The standard InChI is InChI=1S/C16H11NO3S/c1-9-7-12-15(18)11-5-3-4-6-14(11)21(19,20)16(12)10(2)13(9)8-17/h3-7H,1-2H3. The Labute approximate surface area is 122 Å². The van der Waals surface area contributed by atoms with E-state index in [1.165, 1.54) is 18.2 Å². The van der Waals surface area contributed by atoms with Gasteiger partial charge in [-0.2, -0.15) is 5.26 Å². The molecule has 104 valence electrons. The Morgan fingerprint density at radius 2 is 1.76 bits per heavy atom. The summed E-state index contributed by atoms with van der Waals surface area (Å²) in [6.45, 7) is 3.27. The van der Waals surface area contributed by atoms with E-state index < -0.39 is 9.84 Å². The number of hydrogen-bond acceptors (Lipinski definition) is 4. The molecule has 0 bridgehead atoms. The lowest BCUT2D eigenvalue weighted by Gasteiger charge is -2.21. The highest BCUT2D eigenvalue weighted by Gasteiger charge is 2.36. The van der Waals surface area contributed by atoms with E-state index in [0.717, 1.165) is 0 Å². The lowest BCUT2D eigenvalue weighted by molar-refractivity contribution is 0.103. The highest BCUT2D eigenvalue weighted by Crippen LogP contribution is 2.38. The fourth-order valence-electron chi connectivity index (χ4n) is 2.80. The summed E-state index contributed by atoms with van der Waals surface area (Å²) in [5, 5.41) is 9.20. The number of benzene rings is 2. The third kappa shape index (κ3) is 1.66. The van der Waals surface area contributed by atoms with E-state index in [-0.39, 0.29) is 26.7 Å². The van der Waals surface area contributed by atoms with Crippen LogP contribution >= 0.6 is 0 Å². The Kier molecular flexibility index (Phi) is 2.75. The van der Waals surface area contributed by atoms with Crippen LogP contribution in [0.1, 0.15) is 32.6 Å². The lowest BCUT2D eigenvalue weighted by Crippen LogP contribution is -2.22. The Bertz CT molecular complexity index is 950. The second kappa shape index (κ2) is 4.27. The van der Waals surface area contributed by atoms with Gasteiger partial charge in [0, 0.05) is 11.1 Å². The van der Waals surface area contributed by atoms with E-state index in [9.17, 15) is 18.5 Å². The molecule has 3 rings (SSSR count). The normalized spacial score (nSPS) is 15.0. The van der Waals surface area contributed by atoms with Crippen molar-refractivity contribution in [2.45, 2.75) is 23.6 Å². The Balaban J connectivity index is 2.52. The summed E-state index contributed by atoms with van der Waals surface area (Å²) in [5.41, 5.74) is 1.60. The van der Waals surface area contributed by atoms with E-state index in [2.05, 4.69) is 0 Å². The molecular formula is C16H11NO3S. The van der Waals surface area contributed by atoms with Crippen molar-refractivity contribution >= 4 is 15.6 Å². The van der Waals surface area contributed by atoms with Crippen molar-refractivity contribution in [1.82, 2.24) is 0 Å². The SMILES string of the molecule is Cc1cc2c(c(C)c1C#N)S(=O)(=O)c1ccccc1C2=O. The van der Waals surface area contributed by atoms with Gasteiger partial charge in [0.15, 0.2) is 5.78 Å². The van der Waals surface area contributed by atoms with Gasteiger partial charge in [-0.3, -0.25) is 4.79 Å². The highest BCUT2D eigenvalue weighted by atomic mass is 32.2. The van der Waals surface area contributed by atoms with Crippen LogP contribution in [0.3, 0.4) is 0 Å². The van der Waals surface area contributed by atoms with Crippen LogP contribution in [0.4, 0.5) is 0 Å². The molecule has 0 saturated heterocycles. The van der Waals surface area contributed by atoms with Gasteiger partial charge >= 0.3 is 0 Å². The van der Waals surface area contributed by atoms with Crippen LogP contribution in [0.2, 0.25) is 0 Å². The van der Waals surface area contributed by atoms with Gasteiger partial charge in [0.05, 0.1) is 21.4 Å². The van der Waals surface area contributed by atoms with Gasteiger partial charge in [-0.1, -0.05) is 12.1 Å². The monoisotopic (exact) mass is 297 g/mol. The number of aryl methyl sites for hydroxylation is 1. The van der Waals surface area contributed by atoms with Gasteiger partial charge in [0.25, 0.3) is 0 Å². The first-order chi connectivity index (χ1) is 9.89. The largest absolute Gasteiger partial charge is 0.289 e. The average Bonchev–Trinajstić information content (AvgIpc) is 2.45. The van der Waals surface area contributed by atoms with Crippen molar-refractivity contribution in [3.63, 3.8) is 0 Å². The molecule has 0 N–H and O–H groups in total. The van der Waals surface area contributed by atoms with Crippen LogP contribution in [0.15, 0.2) is 40.1 Å². The number of nitriles is 1. The molecule has 0 atom stereocenters. The summed E-state index contributed by atoms with van der Waals surface area (Å²) >= 11 is 0. The summed E-state index contributed by atoms with van der Waals surface area (Å²) in [5.74, 6) is -0.314. The lowest BCUT2D eigenvalue weighted by atomic mass is 9.95. The molecule has 2 aromatic rings. The number of ketones is 1. The van der Waals surface area contributed by atoms with Gasteiger partial charge in [-0.25, -0.2) is 8.42 Å². The van der Waals surface area contributed by atoms with Gasteiger partial charge < -0.3 is 0 Å². The molecule has 0 fully saturated rings. The van der Waals surface area contributed by atoms with Crippen LogP contribution in [0.5, 0.6) is 0 Å². The zero-order valence-electron chi connectivity index (χ0n) is 11.5. The number of sulfone groups is 1. The van der Waals surface area contributed by atoms with E-state index in [4.69, 9.17) is 0 Å². The molecule has 1 heterocycles. The molecule has 0 saturated carbocycles. The smallest absolute Gasteiger partial charge is 0.208 e. The number of nitrogens with zero attached hydrogens (tertiary/aromatic N) is 1. The topological polar surface area (TPSA) is 75.0 Å². The second-order valence-corrected chi connectivity index (χ2v) is 6.87. The number of hydrogen-bond donors (Lipinski definition) is 0. The Morgan fingerprint density at radius 3 is 2.43 bits per heavy atom. The van der Waals surface area contributed by atoms with Crippen LogP contribution < -0.4 is 0 Å². The van der Waals surface area contributed by atoms with Crippen LogP contribution in [0, 0.1) is 25.2 Å². The minimum Gasteiger partial charge on any atom is -0.289 e. The van der Waals surface area contributed by atoms with Crippen molar-refractivity contribution in [2.24, 2.45) is 0 Å². The summed E-state index contributed by atoms with van der Waals surface area (Å²) in [6.07, 6.45) is 0. The molecule has 0 unspecified atom stereocenters. The molecule has 0 aliphatic carbocycles. The maximum absolute atomic E-state index is 12.8. The minimum absolute atomic E-state index is 0.0124. The fourth-order valence-corrected chi connectivity index (χ4v) is 4.67. The molecule has 2 aromatic carbocycles.